The van der Waals surface area contributed by atoms with E-state index in [1.54, 1.807) is 48.5 Å². The molecule has 2 unspecified atom stereocenters. The molecule has 0 spiro atoms. The van der Waals surface area contributed by atoms with Crippen LogP contribution in [0.5, 0.6) is 0 Å². The van der Waals surface area contributed by atoms with Gasteiger partial charge in [0.1, 0.15) is 4.33 Å². The van der Waals surface area contributed by atoms with Crippen molar-refractivity contribution in [1.29, 1.82) is 0 Å². The normalized spacial score (nSPS) is 17.4. The molecule has 0 aromatic heterocycles. The summed E-state index contributed by atoms with van der Waals surface area (Å²) in [5.41, 5.74) is 2.14. The van der Waals surface area contributed by atoms with Gasteiger partial charge >= 0.3 is 0 Å². The van der Waals surface area contributed by atoms with Crippen LogP contribution in [0.15, 0.2) is 73.3 Å². The van der Waals surface area contributed by atoms with Gasteiger partial charge in [-0.1, -0.05) is 41.4 Å². The van der Waals surface area contributed by atoms with Crippen molar-refractivity contribution in [1.82, 2.24) is 0 Å². The van der Waals surface area contributed by atoms with Gasteiger partial charge in [0.15, 0.2) is 0 Å². The van der Waals surface area contributed by atoms with Crippen molar-refractivity contribution in [2.75, 3.05) is 16.0 Å². The van der Waals surface area contributed by atoms with Crippen LogP contribution in [0.2, 0.25) is 15.1 Å². The van der Waals surface area contributed by atoms with Crippen molar-refractivity contribution in [2.45, 2.75) is 10.3 Å². The summed E-state index contributed by atoms with van der Waals surface area (Å²) in [6, 6.07) is 15.9. The lowest BCUT2D eigenvalue weighted by Gasteiger charge is -2.11. The second kappa shape index (κ2) is 10.9. The molecule has 0 bridgehead atoms. The minimum Gasteiger partial charge on any atom is -0.326 e. The second-order valence-corrected chi connectivity index (χ2v) is 11.0. The van der Waals surface area contributed by atoms with Gasteiger partial charge in [0.2, 0.25) is 11.8 Å². The first-order valence-corrected chi connectivity index (χ1v) is 12.7. The summed E-state index contributed by atoms with van der Waals surface area (Å²) >= 11 is 31.3. The molecule has 6 nitrogen and oxygen atoms in total. The Morgan fingerprint density at radius 2 is 1.35 bits per heavy atom. The lowest BCUT2D eigenvalue weighted by atomic mass is 10.1. The third kappa shape index (κ3) is 6.22. The van der Waals surface area contributed by atoms with E-state index in [0.29, 0.717) is 32.7 Å². The molecular weight excluding hydrogens is 580 g/mol. The first kappa shape index (κ1) is 27.3. The summed E-state index contributed by atoms with van der Waals surface area (Å²) in [6.07, 6.45) is 1.15. The highest BCUT2D eigenvalue weighted by Crippen LogP contribution is 2.65. The maximum Gasteiger partial charge on any atom is 0.257 e. The molecule has 1 fully saturated rings. The number of amides is 3. The molecule has 1 aliphatic rings. The van der Waals surface area contributed by atoms with Crippen LogP contribution in [0.25, 0.3) is 0 Å². The van der Waals surface area contributed by atoms with Crippen molar-refractivity contribution in [3.05, 3.63) is 99.5 Å². The van der Waals surface area contributed by atoms with Crippen molar-refractivity contribution in [3.63, 3.8) is 0 Å². The van der Waals surface area contributed by atoms with Crippen LogP contribution >= 0.6 is 58.0 Å². The van der Waals surface area contributed by atoms with Gasteiger partial charge in [-0.2, -0.15) is 0 Å². The fourth-order valence-corrected chi connectivity index (χ4v) is 5.42. The Morgan fingerprint density at radius 1 is 0.784 bits per heavy atom. The van der Waals surface area contributed by atoms with E-state index in [2.05, 4.69) is 22.5 Å². The van der Waals surface area contributed by atoms with Gasteiger partial charge in [-0.05, 0) is 72.3 Å². The Hall–Kier alpha value is -2.74. The zero-order chi connectivity index (χ0) is 26.9. The van der Waals surface area contributed by atoms with Gasteiger partial charge in [0.25, 0.3) is 5.91 Å². The zero-order valence-electron chi connectivity index (χ0n) is 18.8. The lowest BCUT2D eigenvalue weighted by molar-refractivity contribution is -0.117. The molecule has 0 radical (unpaired) electrons. The minimum atomic E-state index is -1.35. The topological polar surface area (TPSA) is 87.3 Å². The van der Waals surface area contributed by atoms with E-state index in [0.717, 1.165) is 6.08 Å². The molecule has 11 heteroatoms. The van der Waals surface area contributed by atoms with Crippen LogP contribution in [0, 0.1) is 5.92 Å². The van der Waals surface area contributed by atoms with Gasteiger partial charge < -0.3 is 16.0 Å². The summed E-state index contributed by atoms with van der Waals surface area (Å²) in [4.78, 5) is 37.3. The number of alkyl halides is 2. The number of carbonyl (C=O) groups excluding carboxylic acids is 3. The molecule has 2 atom stereocenters. The number of halogens is 5. The van der Waals surface area contributed by atoms with E-state index in [-0.39, 0.29) is 16.5 Å². The average molecular weight is 598 g/mol. The van der Waals surface area contributed by atoms with Crippen LogP contribution in [-0.4, -0.2) is 22.1 Å². The molecule has 37 heavy (non-hydrogen) atoms. The molecule has 3 aromatic carbocycles. The molecule has 3 aromatic rings. The number of rotatable bonds is 7. The van der Waals surface area contributed by atoms with Crippen LogP contribution in [-0.2, 0) is 9.59 Å². The number of benzene rings is 3. The summed E-state index contributed by atoms with van der Waals surface area (Å²) in [7, 11) is 0. The largest absolute Gasteiger partial charge is 0.326 e. The van der Waals surface area contributed by atoms with Gasteiger partial charge in [0, 0.05) is 33.0 Å². The second-order valence-electron chi connectivity index (χ2n) is 8.24. The highest BCUT2D eigenvalue weighted by molar-refractivity contribution is 6.53. The van der Waals surface area contributed by atoms with Crippen LogP contribution < -0.4 is 16.0 Å². The maximum absolute atomic E-state index is 13.0. The predicted octanol–water partition coefficient (Wildman–Crippen LogP) is 7.55. The fraction of sp³-hybridized carbons (Fsp3) is 0.115. The smallest absolute Gasteiger partial charge is 0.257 e. The standard InChI is InChI=1S/C26H18Cl5N3O3/c1-2-21(35)32-16-3-5-17(6-4-16)33-24(36)19-12-18(7-8-20(19)29)34-25(37)23-22(26(23,30)31)13-9-14(27)11-15(28)10-13/h2-12,22-23H,1H2,(H,32,35)(H,33,36)(H,34,37). The van der Waals surface area contributed by atoms with E-state index in [1.807, 2.05) is 0 Å². The van der Waals surface area contributed by atoms with E-state index in [4.69, 9.17) is 58.0 Å². The monoisotopic (exact) mass is 595 g/mol. The molecule has 1 saturated carbocycles. The van der Waals surface area contributed by atoms with Crippen LogP contribution in [0.1, 0.15) is 21.8 Å². The summed E-state index contributed by atoms with van der Waals surface area (Å²) in [5.74, 6) is -2.56. The summed E-state index contributed by atoms with van der Waals surface area (Å²) in [6.45, 7) is 3.39. The number of anilines is 3. The average Bonchev–Trinajstić information content (AvgIpc) is 3.42. The molecule has 4 rings (SSSR count). The number of hydrogen-bond acceptors (Lipinski definition) is 3. The summed E-state index contributed by atoms with van der Waals surface area (Å²) < 4.78 is -1.35. The molecule has 0 aliphatic heterocycles. The Labute approximate surface area is 237 Å². The van der Waals surface area contributed by atoms with Gasteiger partial charge in [-0.3, -0.25) is 14.4 Å². The Bertz CT molecular complexity index is 1390. The van der Waals surface area contributed by atoms with E-state index in [1.165, 1.54) is 12.1 Å². The molecule has 3 N–H and O–H groups in total. The molecule has 3 amide bonds. The van der Waals surface area contributed by atoms with Gasteiger partial charge in [-0.15, -0.1) is 23.2 Å². The van der Waals surface area contributed by atoms with Crippen molar-refractivity contribution in [3.8, 4) is 0 Å². The third-order valence-corrected chi connectivity index (χ3v) is 7.36. The molecule has 1 aliphatic carbocycles. The van der Waals surface area contributed by atoms with Crippen molar-refractivity contribution < 1.29 is 14.4 Å². The first-order chi connectivity index (χ1) is 17.5. The molecule has 0 heterocycles. The van der Waals surface area contributed by atoms with E-state index < -0.39 is 28.0 Å². The SMILES string of the molecule is C=CC(=O)Nc1ccc(NC(=O)c2cc(NC(=O)C3C(c4cc(Cl)cc(Cl)c4)C3(Cl)Cl)ccc2Cl)cc1. The quantitative estimate of drug-likeness (QED) is 0.194. The predicted molar refractivity (Wildman–Crippen MR) is 150 cm³/mol. The first-order valence-electron chi connectivity index (χ1n) is 10.8. The Morgan fingerprint density at radius 3 is 1.95 bits per heavy atom. The highest BCUT2D eigenvalue weighted by Gasteiger charge is 2.67. The van der Waals surface area contributed by atoms with E-state index >= 15 is 0 Å². The lowest BCUT2D eigenvalue weighted by Crippen LogP contribution is -2.18. The summed E-state index contributed by atoms with van der Waals surface area (Å²) in [5, 5.41) is 9.08. The van der Waals surface area contributed by atoms with Crippen molar-refractivity contribution >= 4 is 92.8 Å². The van der Waals surface area contributed by atoms with Gasteiger partial charge in [0.05, 0.1) is 16.5 Å². The van der Waals surface area contributed by atoms with Crippen LogP contribution in [0.3, 0.4) is 0 Å². The van der Waals surface area contributed by atoms with E-state index in [9.17, 15) is 14.4 Å². The Balaban J connectivity index is 1.46. The van der Waals surface area contributed by atoms with Gasteiger partial charge in [-0.25, -0.2) is 0 Å². The molecule has 0 saturated heterocycles. The molecule has 190 valence electrons. The van der Waals surface area contributed by atoms with Crippen molar-refractivity contribution in [2.24, 2.45) is 5.92 Å². The number of carbonyl (C=O) groups is 3. The molecular formula is C26H18Cl5N3O3. The highest BCUT2D eigenvalue weighted by atomic mass is 35.5. The number of nitrogens with one attached hydrogen (secondary N) is 3. The number of hydrogen-bond donors (Lipinski definition) is 3. The zero-order valence-corrected chi connectivity index (χ0v) is 22.6. The maximum atomic E-state index is 13.0. The Kier molecular flexibility index (Phi) is 8.07. The fourth-order valence-electron chi connectivity index (χ4n) is 3.85. The van der Waals surface area contributed by atoms with Crippen LogP contribution in [0.4, 0.5) is 17.1 Å². The third-order valence-electron chi connectivity index (χ3n) is 5.65. The minimum absolute atomic E-state index is 0.139.